The lowest BCUT2D eigenvalue weighted by atomic mass is 10.2. The van der Waals surface area contributed by atoms with E-state index in [4.69, 9.17) is 5.73 Å². The van der Waals surface area contributed by atoms with Crippen molar-refractivity contribution in [3.8, 4) is 5.75 Å². The summed E-state index contributed by atoms with van der Waals surface area (Å²) in [5.74, 6) is 0.283. The molecule has 1 saturated heterocycles. The summed E-state index contributed by atoms with van der Waals surface area (Å²) in [6, 6.07) is 5.13. The zero-order valence-electron chi connectivity index (χ0n) is 9.03. The minimum atomic E-state index is 0.283. The van der Waals surface area contributed by atoms with Gasteiger partial charge in [-0.05, 0) is 12.1 Å². The van der Waals surface area contributed by atoms with Crippen LogP contribution >= 0.6 is 0 Å². The fourth-order valence-electron chi connectivity index (χ4n) is 1.94. The Bertz CT molecular complexity index is 346. The lowest BCUT2D eigenvalue weighted by Crippen LogP contribution is -3.12. The number of phenolic OH excluding ortho intramolecular Hbond substituents is 1. The second-order valence-electron chi connectivity index (χ2n) is 4.19. The van der Waals surface area contributed by atoms with E-state index in [9.17, 15) is 5.11 Å². The number of nitrogens with two attached hydrogens (primary N) is 1. The smallest absolute Gasteiger partial charge is 0.117 e. The van der Waals surface area contributed by atoms with Gasteiger partial charge in [0, 0.05) is 6.07 Å². The molecule has 1 aromatic carbocycles. The first-order valence-corrected chi connectivity index (χ1v) is 5.31. The van der Waals surface area contributed by atoms with Crippen LogP contribution in [0.1, 0.15) is 0 Å². The number of rotatable bonds is 1. The highest BCUT2D eigenvalue weighted by molar-refractivity contribution is 5.69. The van der Waals surface area contributed by atoms with Crippen molar-refractivity contribution in [2.45, 2.75) is 0 Å². The summed E-state index contributed by atoms with van der Waals surface area (Å²) in [6.45, 7) is 4.24. The summed E-state index contributed by atoms with van der Waals surface area (Å²) < 4.78 is 0. The fourth-order valence-corrected chi connectivity index (χ4v) is 1.94. The van der Waals surface area contributed by atoms with Gasteiger partial charge >= 0.3 is 0 Å². The zero-order valence-corrected chi connectivity index (χ0v) is 9.03. The molecule has 1 fully saturated rings. The number of benzene rings is 1. The minimum absolute atomic E-state index is 0.283. The minimum Gasteiger partial charge on any atom is -0.508 e. The lowest BCUT2D eigenvalue weighted by molar-refractivity contribution is -0.880. The fraction of sp³-hybridized carbons (Fsp3) is 0.455. The summed E-state index contributed by atoms with van der Waals surface area (Å²) in [7, 11) is 2.20. The number of nitrogen functional groups attached to an aromatic ring is 1. The van der Waals surface area contributed by atoms with Crippen LogP contribution in [-0.4, -0.2) is 38.3 Å². The number of quaternary nitrogens is 1. The van der Waals surface area contributed by atoms with Gasteiger partial charge in [0.2, 0.25) is 0 Å². The van der Waals surface area contributed by atoms with Gasteiger partial charge in [0.15, 0.2) is 0 Å². The van der Waals surface area contributed by atoms with Crippen molar-refractivity contribution in [2.75, 3.05) is 43.9 Å². The molecule has 15 heavy (non-hydrogen) atoms. The molecule has 4 nitrogen and oxygen atoms in total. The van der Waals surface area contributed by atoms with Gasteiger partial charge in [-0.1, -0.05) is 0 Å². The maximum Gasteiger partial charge on any atom is 0.117 e. The lowest BCUT2D eigenvalue weighted by Gasteiger charge is -2.32. The van der Waals surface area contributed by atoms with E-state index in [1.807, 2.05) is 0 Å². The van der Waals surface area contributed by atoms with Gasteiger partial charge in [-0.15, -0.1) is 0 Å². The molecule has 1 heterocycles. The number of nitrogens with one attached hydrogen (secondary N) is 1. The van der Waals surface area contributed by atoms with Crippen LogP contribution in [0.4, 0.5) is 11.4 Å². The average molecular weight is 208 g/mol. The van der Waals surface area contributed by atoms with Crippen LogP contribution < -0.4 is 15.5 Å². The van der Waals surface area contributed by atoms with Gasteiger partial charge in [0.25, 0.3) is 0 Å². The number of hydrogen-bond donors (Lipinski definition) is 3. The maximum atomic E-state index is 9.43. The molecule has 82 valence electrons. The van der Waals surface area contributed by atoms with Crippen LogP contribution in [0.25, 0.3) is 0 Å². The summed E-state index contributed by atoms with van der Waals surface area (Å²) in [6.07, 6.45) is 0. The van der Waals surface area contributed by atoms with Crippen molar-refractivity contribution in [1.29, 1.82) is 0 Å². The maximum absolute atomic E-state index is 9.43. The number of hydrogen-bond acceptors (Lipinski definition) is 3. The average Bonchev–Trinajstić information content (AvgIpc) is 2.23. The molecule has 0 unspecified atom stereocenters. The largest absolute Gasteiger partial charge is 0.508 e. The Morgan fingerprint density at radius 3 is 2.67 bits per heavy atom. The molecule has 0 saturated carbocycles. The van der Waals surface area contributed by atoms with E-state index in [2.05, 4.69) is 11.9 Å². The number of phenols is 1. The zero-order chi connectivity index (χ0) is 10.8. The molecule has 1 aliphatic heterocycles. The molecular weight excluding hydrogens is 190 g/mol. The van der Waals surface area contributed by atoms with Gasteiger partial charge in [-0.25, -0.2) is 0 Å². The summed E-state index contributed by atoms with van der Waals surface area (Å²) in [5, 5.41) is 9.43. The monoisotopic (exact) mass is 208 g/mol. The topological polar surface area (TPSA) is 53.9 Å². The van der Waals surface area contributed by atoms with Crippen molar-refractivity contribution >= 4 is 11.4 Å². The molecule has 0 amide bonds. The van der Waals surface area contributed by atoms with Gasteiger partial charge in [-0.3, -0.25) is 0 Å². The van der Waals surface area contributed by atoms with Gasteiger partial charge < -0.3 is 20.6 Å². The van der Waals surface area contributed by atoms with Crippen molar-refractivity contribution in [2.24, 2.45) is 0 Å². The molecule has 0 aromatic heterocycles. The molecule has 0 radical (unpaired) electrons. The van der Waals surface area contributed by atoms with E-state index >= 15 is 0 Å². The summed E-state index contributed by atoms with van der Waals surface area (Å²) >= 11 is 0. The predicted octanol–water partition coefficient (Wildman–Crippen LogP) is -0.691. The molecule has 2 rings (SSSR count). The predicted molar refractivity (Wildman–Crippen MR) is 61.4 cm³/mol. The number of likely N-dealkylation sites (N-methyl/N-ethyl adjacent to an activating group) is 1. The Morgan fingerprint density at radius 2 is 2.00 bits per heavy atom. The van der Waals surface area contributed by atoms with Crippen LogP contribution in [-0.2, 0) is 0 Å². The standard InChI is InChI=1S/C11H17N3O/c1-13-4-6-14(7-5-13)11-8-9(15)2-3-10(11)12/h2-3,8,15H,4-7,12H2,1H3/p+1. The van der Waals surface area contributed by atoms with Gasteiger partial charge in [0.05, 0.1) is 44.6 Å². The van der Waals surface area contributed by atoms with Crippen molar-refractivity contribution in [1.82, 2.24) is 0 Å². The number of piperazine rings is 1. The Kier molecular flexibility index (Phi) is 2.68. The Hall–Kier alpha value is -1.42. The second kappa shape index (κ2) is 3.98. The molecule has 0 atom stereocenters. The van der Waals surface area contributed by atoms with Gasteiger partial charge in [-0.2, -0.15) is 0 Å². The van der Waals surface area contributed by atoms with E-state index in [-0.39, 0.29) is 5.75 Å². The molecule has 4 heteroatoms. The van der Waals surface area contributed by atoms with E-state index in [0.29, 0.717) is 0 Å². The van der Waals surface area contributed by atoms with Gasteiger partial charge in [0.1, 0.15) is 5.75 Å². The third kappa shape index (κ3) is 2.15. The summed E-state index contributed by atoms with van der Waals surface area (Å²) in [4.78, 5) is 3.78. The quantitative estimate of drug-likeness (QED) is 0.423. The first-order valence-electron chi connectivity index (χ1n) is 5.31. The number of nitrogens with zero attached hydrogens (tertiary/aromatic N) is 1. The van der Waals surface area contributed by atoms with Crippen LogP contribution in [0.15, 0.2) is 18.2 Å². The number of aromatic hydroxyl groups is 1. The highest BCUT2D eigenvalue weighted by atomic mass is 16.3. The van der Waals surface area contributed by atoms with Crippen LogP contribution in [0.3, 0.4) is 0 Å². The molecular formula is C11H18N3O+. The highest BCUT2D eigenvalue weighted by Gasteiger charge is 2.18. The molecule has 1 aliphatic rings. The molecule has 0 bridgehead atoms. The van der Waals surface area contributed by atoms with E-state index < -0.39 is 0 Å². The first-order chi connectivity index (χ1) is 7.16. The Balaban J connectivity index is 2.18. The normalized spacial score (nSPS) is 18.1. The molecule has 1 aromatic rings. The van der Waals surface area contributed by atoms with Crippen molar-refractivity contribution in [3.63, 3.8) is 0 Å². The Morgan fingerprint density at radius 1 is 1.33 bits per heavy atom. The first kappa shape index (κ1) is 10.1. The van der Waals surface area contributed by atoms with E-state index in [1.165, 1.54) is 0 Å². The highest BCUT2D eigenvalue weighted by Crippen LogP contribution is 2.27. The van der Waals surface area contributed by atoms with Crippen LogP contribution in [0, 0.1) is 0 Å². The van der Waals surface area contributed by atoms with Crippen molar-refractivity contribution in [3.05, 3.63) is 18.2 Å². The third-order valence-corrected chi connectivity index (χ3v) is 2.97. The Labute approximate surface area is 89.9 Å². The molecule has 4 N–H and O–H groups in total. The van der Waals surface area contributed by atoms with E-state index in [1.54, 1.807) is 23.1 Å². The van der Waals surface area contributed by atoms with E-state index in [0.717, 1.165) is 37.6 Å². The molecule has 0 aliphatic carbocycles. The molecule has 0 spiro atoms. The summed E-state index contributed by atoms with van der Waals surface area (Å²) in [5.41, 5.74) is 7.60. The van der Waals surface area contributed by atoms with Crippen LogP contribution in [0.2, 0.25) is 0 Å². The second-order valence-corrected chi connectivity index (χ2v) is 4.19. The van der Waals surface area contributed by atoms with Crippen LogP contribution in [0.5, 0.6) is 5.75 Å². The van der Waals surface area contributed by atoms with Crippen molar-refractivity contribution < 1.29 is 10.0 Å². The number of anilines is 2. The SMILES string of the molecule is C[NH+]1CCN(c2cc(O)ccc2N)CC1. The third-order valence-electron chi connectivity index (χ3n) is 2.97.